The van der Waals surface area contributed by atoms with Crippen LogP contribution in [0.3, 0.4) is 0 Å². The monoisotopic (exact) mass is 233 g/mol. The molecular formula is C14H23N3. The topological polar surface area (TPSA) is 32.5 Å². The summed E-state index contributed by atoms with van der Waals surface area (Å²) in [5.74, 6) is 0. The Morgan fingerprint density at radius 3 is 2.65 bits per heavy atom. The van der Waals surface area contributed by atoms with Crippen LogP contribution in [0.25, 0.3) is 0 Å². The normalized spacial score (nSPS) is 15.0. The van der Waals surface area contributed by atoms with Gasteiger partial charge in [0, 0.05) is 27.2 Å². The second kappa shape index (κ2) is 5.41. The highest BCUT2D eigenvalue weighted by Gasteiger charge is 2.19. The van der Waals surface area contributed by atoms with E-state index in [0.29, 0.717) is 0 Å². The molecule has 1 heterocycles. The van der Waals surface area contributed by atoms with E-state index in [1.807, 2.05) is 0 Å². The largest absolute Gasteiger partial charge is 0.371 e. The zero-order valence-electron chi connectivity index (χ0n) is 10.9. The van der Waals surface area contributed by atoms with Crippen LogP contribution < -0.4 is 15.5 Å². The molecule has 1 aliphatic rings. The predicted molar refractivity (Wildman–Crippen MR) is 75.0 cm³/mol. The summed E-state index contributed by atoms with van der Waals surface area (Å²) < 4.78 is 0. The number of para-hydroxylation sites is 1. The quantitative estimate of drug-likeness (QED) is 0.806. The molecule has 0 fully saturated rings. The molecule has 2 rings (SSSR count). The first kappa shape index (κ1) is 12.2. The van der Waals surface area contributed by atoms with E-state index in [1.165, 1.54) is 23.4 Å². The van der Waals surface area contributed by atoms with E-state index in [-0.39, 0.29) is 0 Å². The van der Waals surface area contributed by atoms with Gasteiger partial charge in [-0.15, -0.1) is 0 Å². The molecule has 1 aliphatic heterocycles. The number of hydrogen-bond donors (Lipinski definition) is 1. The third kappa shape index (κ3) is 2.55. The lowest BCUT2D eigenvalue weighted by molar-refractivity contribution is 0.734. The van der Waals surface area contributed by atoms with Crippen molar-refractivity contribution in [2.24, 2.45) is 5.73 Å². The van der Waals surface area contributed by atoms with Crippen molar-refractivity contribution in [3.05, 3.63) is 23.8 Å². The maximum Gasteiger partial charge on any atom is 0.0634 e. The van der Waals surface area contributed by atoms with Gasteiger partial charge < -0.3 is 15.5 Å². The van der Waals surface area contributed by atoms with Gasteiger partial charge in [-0.3, -0.25) is 0 Å². The number of rotatable bonds is 4. The fraction of sp³-hybridized carbons (Fsp3) is 0.571. The lowest BCUT2D eigenvalue weighted by Crippen LogP contribution is -2.37. The van der Waals surface area contributed by atoms with Crippen molar-refractivity contribution in [3.63, 3.8) is 0 Å². The van der Waals surface area contributed by atoms with E-state index in [2.05, 4.69) is 42.1 Å². The minimum atomic E-state index is 0.796. The summed E-state index contributed by atoms with van der Waals surface area (Å²) in [6.07, 6.45) is 3.44. The molecule has 0 amide bonds. The summed E-state index contributed by atoms with van der Waals surface area (Å²) in [6, 6.07) is 6.65. The van der Waals surface area contributed by atoms with Crippen molar-refractivity contribution in [1.29, 1.82) is 0 Å². The first-order chi connectivity index (χ1) is 8.24. The van der Waals surface area contributed by atoms with Gasteiger partial charge in [0.15, 0.2) is 0 Å². The van der Waals surface area contributed by atoms with Crippen LogP contribution in [-0.2, 0) is 6.42 Å². The van der Waals surface area contributed by atoms with E-state index in [4.69, 9.17) is 5.73 Å². The third-order valence-electron chi connectivity index (χ3n) is 3.56. The molecule has 0 saturated heterocycles. The Labute approximate surface area is 104 Å². The molecular weight excluding hydrogens is 210 g/mol. The minimum Gasteiger partial charge on any atom is -0.371 e. The van der Waals surface area contributed by atoms with Crippen LogP contribution in [0.15, 0.2) is 18.2 Å². The minimum absolute atomic E-state index is 0.796. The van der Waals surface area contributed by atoms with Crippen molar-refractivity contribution in [3.8, 4) is 0 Å². The summed E-state index contributed by atoms with van der Waals surface area (Å²) >= 11 is 0. The lowest BCUT2D eigenvalue weighted by Gasteiger charge is -2.36. The molecule has 0 atom stereocenters. The Kier molecular flexibility index (Phi) is 3.89. The molecule has 94 valence electrons. The highest BCUT2D eigenvalue weighted by Crippen LogP contribution is 2.35. The number of hydrogen-bond acceptors (Lipinski definition) is 3. The summed E-state index contributed by atoms with van der Waals surface area (Å²) in [5, 5.41) is 0. The molecule has 1 aromatic rings. The highest BCUT2D eigenvalue weighted by atomic mass is 15.2. The molecule has 0 aliphatic carbocycles. The van der Waals surface area contributed by atoms with Gasteiger partial charge in [-0.2, -0.15) is 0 Å². The third-order valence-corrected chi connectivity index (χ3v) is 3.56. The molecule has 1 aromatic carbocycles. The molecule has 17 heavy (non-hydrogen) atoms. The van der Waals surface area contributed by atoms with Gasteiger partial charge in [-0.1, -0.05) is 12.1 Å². The predicted octanol–water partition coefficient (Wildman–Crippen LogP) is 1.85. The molecule has 0 radical (unpaired) electrons. The number of likely N-dealkylation sites (N-methyl/N-ethyl adjacent to an activating group) is 2. The van der Waals surface area contributed by atoms with E-state index in [9.17, 15) is 0 Å². The highest BCUT2D eigenvalue weighted by molar-refractivity contribution is 5.76. The Hall–Kier alpha value is -1.22. The summed E-state index contributed by atoms with van der Waals surface area (Å²) in [5.41, 5.74) is 9.80. The average Bonchev–Trinajstić information content (AvgIpc) is 2.34. The van der Waals surface area contributed by atoms with E-state index < -0.39 is 0 Å². The van der Waals surface area contributed by atoms with Crippen LogP contribution in [-0.4, -0.2) is 33.7 Å². The van der Waals surface area contributed by atoms with Crippen molar-refractivity contribution in [1.82, 2.24) is 0 Å². The number of aryl methyl sites for hydroxylation is 1. The second-order valence-corrected chi connectivity index (χ2v) is 4.87. The second-order valence-electron chi connectivity index (χ2n) is 4.87. The molecule has 2 N–H and O–H groups in total. The smallest absolute Gasteiger partial charge is 0.0634 e. The summed E-state index contributed by atoms with van der Waals surface area (Å²) in [7, 11) is 4.37. The van der Waals surface area contributed by atoms with Gasteiger partial charge in [0.05, 0.1) is 11.4 Å². The van der Waals surface area contributed by atoms with Gasteiger partial charge in [0.2, 0.25) is 0 Å². The Balaban J connectivity index is 2.24. The van der Waals surface area contributed by atoms with Crippen molar-refractivity contribution < 1.29 is 0 Å². The number of nitrogens with zero attached hydrogens (tertiary/aromatic N) is 2. The average molecular weight is 233 g/mol. The van der Waals surface area contributed by atoms with Gasteiger partial charge in [-0.05, 0) is 37.4 Å². The standard InChI is InChI=1S/C14H23N3/c1-16-10-11-17(2)14-12(6-3-4-9-15)7-5-8-13(14)16/h5,7-8H,3-4,6,9-11,15H2,1-2H3. The van der Waals surface area contributed by atoms with E-state index >= 15 is 0 Å². The Morgan fingerprint density at radius 2 is 1.88 bits per heavy atom. The maximum atomic E-state index is 5.56. The molecule has 0 bridgehead atoms. The molecule has 3 nitrogen and oxygen atoms in total. The zero-order chi connectivity index (χ0) is 12.3. The Morgan fingerprint density at radius 1 is 1.12 bits per heavy atom. The molecule has 0 aromatic heterocycles. The van der Waals surface area contributed by atoms with Crippen LogP contribution in [0.2, 0.25) is 0 Å². The zero-order valence-corrected chi connectivity index (χ0v) is 10.9. The van der Waals surface area contributed by atoms with Gasteiger partial charge >= 0.3 is 0 Å². The maximum absolute atomic E-state index is 5.56. The van der Waals surface area contributed by atoms with Crippen molar-refractivity contribution in [2.75, 3.05) is 43.5 Å². The van der Waals surface area contributed by atoms with E-state index in [1.54, 1.807) is 0 Å². The van der Waals surface area contributed by atoms with Gasteiger partial charge in [-0.25, -0.2) is 0 Å². The van der Waals surface area contributed by atoms with Crippen LogP contribution in [0.4, 0.5) is 11.4 Å². The molecule has 0 unspecified atom stereocenters. The lowest BCUT2D eigenvalue weighted by atomic mass is 10.0. The van der Waals surface area contributed by atoms with Crippen LogP contribution >= 0.6 is 0 Å². The Bertz CT molecular complexity index is 376. The van der Waals surface area contributed by atoms with Crippen LogP contribution in [0.5, 0.6) is 0 Å². The van der Waals surface area contributed by atoms with Crippen molar-refractivity contribution in [2.45, 2.75) is 19.3 Å². The SMILES string of the molecule is CN1CCN(C)c2c(CCCCN)cccc21. The fourth-order valence-electron chi connectivity index (χ4n) is 2.52. The number of benzene rings is 1. The summed E-state index contributed by atoms with van der Waals surface area (Å²) in [6.45, 7) is 3.01. The number of nitrogens with two attached hydrogens (primary N) is 1. The van der Waals surface area contributed by atoms with Crippen molar-refractivity contribution >= 4 is 11.4 Å². The molecule has 3 heteroatoms. The first-order valence-corrected chi connectivity index (χ1v) is 6.48. The molecule has 0 spiro atoms. The van der Waals surface area contributed by atoms with Gasteiger partial charge in [0.25, 0.3) is 0 Å². The fourth-order valence-corrected chi connectivity index (χ4v) is 2.52. The van der Waals surface area contributed by atoms with Crippen LogP contribution in [0.1, 0.15) is 18.4 Å². The number of fused-ring (bicyclic) bond motifs is 1. The molecule has 0 saturated carbocycles. The number of anilines is 2. The number of unbranched alkanes of at least 4 members (excludes halogenated alkanes) is 1. The van der Waals surface area contributed by atoms with E-state index in [0.717, 1.165) is 32.5 Å². The van der Waals surface area contributed by atoms with Gasteiger partial charge in [0.1, 0.15) is 0 Å². The first-order valence-electron chi connectivity index (χ1n) is 6.48. The summed E-state index contributed by atoms with van der Waals surface area (Å²) in [4.78, 5) is 4.73. The van der Waals surface area contributed by atoms with Crippen LogP contribution in [0, 0.1) is 0 Å².